The molecule has 1 aromatic carbocycles. The first-order valence-corrected chi connectivity index (χ1v) is 6.06. The lowest BCUT2D eigenvalue weighted by Gasteiger charge is -2.18. The third-order valence-electron chi connectivity index (χ3n) is 1.89. The van der Waals surface area contributed by atoms with E-state index in [0.29, 0.717) is 0 Å². The molecule has 0 heterocycles. The summed E-state index contributed by atoms with van der Waals surface area (Å²) in [5, 5.41) is 0. The van der Waals surface area contributed by atoms with Gasteiger partial charge in [0.05, 0.1) is 11.1 Å². The molecule has 1 aromatic rings. The Bertz CT molecular complexity index is 500. The van der Waals surface area contributed by atoms with E-state index in [1.807, 2.05) is 0 Å². The summed E-state index contributed by atoms with van der Waals surface area (Å²) in [6.45, 7) is 0. The molecular formula is C9H2BrF9S. The highest BCUT2D eigenvalue weighted by Gasteiger charge is 2.42. The van der Waals surface area contributed by atoms with Crippen molar-refractivity contribution in [3.8, 4) is 0 Å². The Morgan fingerprint density at radius 3 is 1.65 bits per heavy atom. The van der Waals surface area contributed by atoms with Gasteiger partial charge < -0.3 is 0 Å². The number of alkyl halides is 9. The van der Waals surface area contributed by atoms with Crippen molar-refractivity contribution < 1.29 is 39.5 Å². The van der Waals surface area contributed by atoms with Gasteiger partial charge in [-0.1, -0.05) is 15.9 Å². The first-order chi connectivity index (χ1) is 8.72. The molecule has 0 aliphatic heterocycles. The van der Waals surface area contributed by atoms with E-state index in [2.05, 4.69) is 15.9 Å². The lowest BCUT2D eigenvalue weighted by Crippen LogP contribution is -2.13. The van der Waals surface area contributed by atoms with Crippen molar-refractivity contribution >= 4 is 27.7 Å². The molecule has 1 rings (SSSR count). The van der Waals surface area contributed by atoms with Crippen LogP contribution in [0.4, 0.5) is 39.5 Å². The molecule has 0 aromatic heterocycles. The van der Waals surface area contributed by atoms with Crippen LogP contribution in [0.5, 0.6) is 0 Å². The number of rotatable bonds is 1. The van der Waals surface area contributed by atoms with Crippen LogP contribution < -0.4 is 0 Å². The molecule has 0 bridgehead atoms. The van der Waals surface area contributed by atoms with E-state index >= 15 is 0 Å². The fourth-order valence-electron chi connectivity index (χ4n) is 1.23. The number of halogens is 10. The average Bonchev–Trinajstić information content (AvgIpc) is 2.09. The van der Waals surface area contributed by atoms with Crippen molar-refractivity contribution in [3.63, 3.8) is 0 Å². The van der Waals surface area contributed by atoms with Gasteiger partial charge in [0.1, 0.15) is 0 Å². The van der Waals surface area contributed by atoms with Gasteiger partial charge in [0.15, 0.2) is 0 Å². The van der Waals surface area contributed by atoms with Crippen LogP contribution >= 0.6 is 27.7 Å². The van der Waals surface area contributed by atoms with Crippen molar-refractivity contribution in [2.24, 2.45) is 0 Å². The summed E-state index contributed by atoms with van der Waals surface area (Å²) in [6.07, 6.45) is -10.3. The molecule has 0 fully saturated rings. The molecule has 0 spiro atoms. The summed E-state index contributed by atoms with van der Waals surface area (Å²) < 4.78 is 111. The molecule has 11 heteroatoms. The van der Waals surface area contributed by atoms with E-state index in [9.17, 15) is 39.5 Å². The maximum absolute atomic E-state index is 12.6. The summed E-state index contributed by atoms with van der Waals surface area (Å²) in [4.78, 5) is -1.56. The van der Waals surface area contributed by atoms with E-state index in [0.717, 1.165) is 0 Å². The van der Waals surface area contributed by atoms with Crippen LogP contribution in [0.1, 0.15) is 11.1 Å². The van der Waals surface area contributed by atoms with Crippen LogP contribution in [-0.2, 0) is 12.4 Å². The SMILES string of the molecule is FC(F)(F)Sc1cc(C(F)(F)F)cc(Br)c1C(F)(F)F. The summed E-state index contributed by atoms with van der Waals surface area (Å²) in [5.41, 5.74) is -8.55. The maximum atomic E-state index is 12.6. The molecule has 0 aliphatic rings. The van der Waals surface area contributed by atoms with Gasteiger partial charge in [-0.25, -0.2) is 0 Å². The number of hydrogen-bond donors (Lipinski definition) is 0. The molecule has 114 valence electrons. The standard InChI is InChI=1S/C9H2BrF9S/c10-4-1-3(7(11,12)13)2-5(20-9(17,18)19)6(4)8(14,15)16/h1-2H. The second-order valence-corrected chi connectivity index (χ2v) is 5.34. The first-order valence-electron chi connectivity index (χ1n) is 4.45. The Labute approximate surface area is 118 Å². The third kappa shape index (κ3) is 4.47. The summed E-state index contributed by atoms with van der Waals surface area (Å²) in [5.74, 6) is 0. The number of benzene rings is 1. The van der Waals surface area contributed by atoms with E-state index in [-0.39, 0.29) is 12.1 Å². The second-order valence-electron chi connectivity index (χ2n) is 3.37. The van der Waals surface area contributed by atoms with Gasteiger partial charge in [-0.15, -0.1) is 0 Å². The minimum Gasteiger partial charge on any atom is -0.166 e. The van der Waals surface area contributed by atoms with Crippen LogP contribution in [-0.4, -0.2) is 5.51 Å². The molecular weight excluding hydrogens is 391 g/mol. The Morgan fingerprint density at radius 2 is 1.30 bits per heavy atom. The number of thioether (sulfide) groups is 1. The van der Waals surface area contributed by atoms with Crippen molar-refractivity contribution in [2.75, 3.05) is 0 Å². The summed E-state index contributed by atoms with van der Waals surface area (Å²) >= 11 is 0.982. The Balaban J connectivity index is 3.53. The van der Waals surface area contributed by atoms with Crippen molar-refractivity contribution in [2.45, 2.75) is 22.8 Å². The van der Waals surface area contributed by atoms with Gasteiger partial charge in [-0.2, -0.15) is 39.5 Å². The zero-order valence-electron chi connectivity index (χ0n) is 8.84. The molecule has 0 N–H and O–H groups in total. The highest BCUT2D eigenvalue weighted by molar-refractivity contribution is 9.10. The largest absolute Gasteiger partial charge is 0.446 e. The summed E-state index contributed by atoms with van der Waals surface area (Å²) in [7, 11) is 0. The smallest absolute Gasteiger partial charge is 0.166 e. The molecule has 0 nitrogen and oxygen atoms in total. The van der Waals surface area contributed by atoms with E-state index in [1.54, 1.807) is 0 Å². The van der Waals surface area contributed by atoms with Crippen LogP contribution in [0.25, 0.3) is 0 Å². The lowest BCUT2D eigenvalue weighted by molar-refractivity contribution is -0.143. The normalized spacial score (nSPS) is 13.7. The quantitative estimate of drug-likeness (QED) is 0.411. The molecule has 0 aliphatic carbocycles. The van der Waals surface area contributed by atoms with Gasteiger partial charge in [-0.3, -0.25) is 0 Å². The van der Waals surface area contributed by atoms with Crippen molar-refractivity contribution in [3.05, 3.63) is 27.7 Å². The predicted molar refractivity (Wildman–Crippen MR) is 56.1 cm³/mol. The van der Waals surface area contributed by atoms with E-state index < -0.39 is 50.1 Å². The zero-order valence-corrected chi connectivity index (χ0v) is 11.2. The van der Waals surface area contributed by atoms with Crippen LogP contribution in [0.2, 0.25) is 0 Å². The Kier molecular flexibility index (Phi) is 4.65. The Morgan fingerprint density at radius 1 is 0.800 bits per heavy atom. The Hall–Kier alpha value is -0.580. The zero-order chi connectivity index (χ0) is 15.9. The van der Waals surface area contributed by atoms with E-state index in [4.69, 9.17) is 0 Å². The first kappa shape index (κ1) is 17.5. The number of hydrogen-bond acceptors (Lipinski definition) is 1. The highest BCUT2D eigenvalue weighted by atomic mass is 79.9. The van der Waals surface area contributed by atoms with Crippen LogP contribution in [0.15, 0.2) is 21.5 Å². The van der Waals surface area contributed by atoms with Crippen molar-refractivity contribution in [1.29, 1.82) is 0 Å². The topological polar surface area (TPSA) is 0 Å². The van der Waals surface area contributed by atoms with Gasteiger partial charge in [0.25, 0.3) is 0 Å². The van der Waals surface area contributed by atoms with Gasteiger partial charge in [0.2, 0.25) is 0 Å². The molecule has 20 heavy (non-hydrogen) atoms. The monoisotopic (exact) mass is 392 g/mol. The van der Waals surface area contributed by atoms with Gasteiger partial charge in [0, 0.05) is 9.37 Å². The van der Waals surface area contributed by atoms with Gasteiger partial charge >= 0.3 is 17.9 Å². The fourth-order valence-corrected chi connectivity index (χ4v) is 2.80. The minimum absolute atomic E-state index is 0.0866. The van der Waals surface area contributed by atoms with E-state index in [1.165, 1.54) is 0 Å². The lowest BCUT2D eigenvalue weighted by atomic mass is 10.1. The maximum Gasteiger partial charge on any atom is 0.446 e. The molecule has 0 radical (unpaired) electrons. The van der Waals surface area contributed by atoms with Crippen LogP contribution in [0, 0.1) is 0 Å². The third-order valence-corrected chi connectivity index (χ3v) is 3.29. The fraction of sp³-hybridized carbons (Fsp3) is 0.333. The second kappa shape index (κ2) is 5.32. The molecule has 0 amide bonds. The average molecular weight is 393 g/mol. The van der Waals surface area contributed by atoms with Gasteiger partial charge in [-0.05, 0) is 23.9 Å². The predicted octanol–water partition coefficient (Wildman–Crippen LogP) is 6.10. The summed E-state index contributed by atoms with van der Waals surface area (Å²) in [6, 6.07) is -0.0883. The van der Waals surface area contributed by atoms with Crippen molar-refractivity contribution in [1.82, 2.24) is 0 Å². The highest BCUT2D eigenvalue weighted by Crippen LogP contribution is 2.48. The molecule has 0 atom stereocenters. The molecule has 0 saturated heterocycles. The minimum atomic E-state index is -5.23. The molecule has 0 saturated carbocycles. The van der Waals surface area contributed by atoms with Crippen LogP contribution in [0.3, 0.4) is 0 Å². The molecule has 0 unspecified atom stereocenters.